The van der Waals surface area contributed by atoms with Gasteiger partial charge in [0.15, 0.2) is 18.2 Å². The molecule has 0 unspecified atom stereocenters. The number of halogens is 3. The molecule has 0 saturated carbocycles. The van der Waals surface area contributed by atoms with E-state index in [-0.39, 0.29) is 11.7 Å². The van der Waals surface area contributed by atoms with Crippen LogP contribution < -0.4 is 4.74 Å². The van der Waals surface area contributed by atoms with Crippen molar-refractivity contribution in [1.29, 1.82) is 0 Å². The van der Waals surface area contributed by atoms with E-state index in [0.717, 1.165) is 12.3 Å². The quantitative estimate of drug-likeness (QED) is 0.726. The number of carbonyl (C=O) groups is 1. The van der Waals surface area contributed by atoms with Gasteiger partial charge in [-0.2, -0.15) is 18.2 Å². The molecule has 0 aromatic carbocycles. The average molecular weight is 220 g/mol. The number of Topliss-reactive ketones (excluding diaryl/α,β-unsaturated/α-hetero) is 1. The number of hydrogen-bond acceptors (Lipinski definition) is 4. The zero-order valence-electron chi connectivity index (χ0n) is 7.71. The second-order valence-corrected chi connectivity index (χ2v) is 2.68. The molecule has 0 aliphatic heterocycles. The van der Waals surface area contributed by atoms with Crippen molar-refractivity contribution in [3.63, 3.8) is 0 Å². The summed E-state index contributed by atoms with van der Waals surface area (Å²) in [5.74, 6) is -0.880. The lowest BCUT2D eigenvalue weighted by atomic mass is 10.4. The lowest BCUT2D eigenvalue weighted by Crippen LogP contribution is -2.20. The highest BCUT2D eigenvalue weighted by molar-refractivity contribution is 5.90. The molecule has 0 atom stereocenters. The Morgan fingerprint density at radius 2 is 2.20 bits per heavy atom. The first-order chi connectivity index (χ1) is 6.88. The van der Waals surface area contributed by atoms with Gasteiger partial charge < -0.3 is 4.74 Å². The second-order valence-electron chi connectivity index (χ2n) is 2.68. The van der Waals surface area contributed by atoms with Crippen molar-refractivity contribution in [1.82, 2.24) is 9.97 Å². The van der Waals surface area contributed by atoms with Crippen LogP contribution in [0, 0.1) is 0 Å². The number of alkyl halides is 3. The van der Waals surface area contributed by atoms with Gasteiger partial charge in [-0.15, -0.1) is 0 Å². The normalized spacial score (nSPS) is 11.2. The molecule has 0 aliphatic rings. The molecule has 0 saturated heterocycles. The lowest BCUT2D eigenvalue weighted by Gasteiger charge is -2.07. The monoisotopic (exact) mass is 220 g/mol. The van der Waals surface area contributed by atoms with Crippen LogP contribution in [0.3, 0.4) is 0 Å². The van der Waals surface area contributed by atoms with Crippen molar-refractivity contribution in [2.45, 2.75) is 13.1 Å². The summed E-state index contributed by atoms with van der Waals surface area (Å²) in [5.41, 5.74) is 0. The van der Waals surface area contributed by atoms with Crippen LogP contribution in [-0.4, -0.2) is 28.5 Å². The molecule has 82 valence electrons. The fourth-order valence-electron chi connectivity index (χ4n) is 0.748. The Hall–Kier alpha value is -1.66. The predicted molar refractivity (Wildman–Crippen MR) is 43.6 cm³/mol. The number of rotatable bonds is 3. The molecule has 0 radical (unpaired) electrons. The number of carbonyl (C=O) groups excluding carboxylic acids is 1. The third-order valence-corrected chi connectivity index (χ3v) is 1.33. The molecule has 0 aliphatic carbocycles. The second kappa shape index (κ2) is 4.24. The molecule has 15 heavy (non-hydrogen) atoms. The Balaban J connectivity index is 2.70. The van der Waals surface area contributed by atoms with Crippen LogP contribution in [0.25, 0.3) is 0 Å². The maximum Gasteiger partial charge on any atom is 0.422 e. The number of aromatic nitrogens is 2. The van der Waals surface area contributed by atoms with Crippen LogP contribution in [0.2, 0.25) is 0 Å². The largest absolute Gasteiger partial charge is 0.468 e. The zero-order valence-corrected chi connectivity index (χ0v) is 7.71. The highest BCUT2D eigenvalue weighted by atomic mass is 19.4. The van der Waals surface area contributed by atoms with Crippen molar-refractivity contribution in [3.05, 3.63) is 18.1 Å². The third-order valence-electron chi connectivity index (χ3n) is 1.33. The Morgan fingerprint density at radius 3 is 2.73 bits per heavy atom. The summed E-state index contributed by atoms with van der Waals surface area (Å²) >= 11 is 0. The molecular weight excluding hydrogens is 213 g/mol. The molecule has 1 heterocycles. The van der Waals surface area contributed by atoms with Gasteiger partial charge in [0.05, 0.1) is 0 Å². The maximum absolute atomic E-state index is 11.8. The zero-order chi connectivity index (χ0) is 11.5. The Morgan fingerprint density at radius 1 is 1.53 bits per heavy atom. The molecule has 1 aromatic heterocycles. The van der Waals surface area contributed by atoms with Crippen molar-refractivity contribution < 1.29 is 22.7 Å². The van der Waals surface area contributed by atoms with E-state index in [4.69, 9.17) is 0 Å². The fraction of sp³-hybridized carbons (Fsp3) is 0.375. The summed E-state index contributed by atoms with van der Waals surface area (Å²) in [7, 11) is 0. The summed E-state index contributed by atoms with van der Waals surface area (Å²) in [4.78, 5) is 17.8. The third kappa shape index (κ3) is 3.92. The summed E-state index contributed by atoms with van der Waals surface area (Å²) in [6.45, 7) is -0.232. The van der Waals surface area contributed by atoms with Crippen molar-refractivity contribution in [2.75, 3.05) is 6.61 Å². The molecule has 0 bridgehead atoms. The van der Waals surface area contributed by atoms with Crippen LogP contribution in [0.4, 0.5) is 13.2 Å². The highest BCUT2D eigenvalue weighted by Gasteiger charge is 2.28. The number of ketones is 1. The Bertz CT molecular complexity index is 365. The van der Waals surface area contributed by atoms with Crippen LogP contribution in [0.5, 0.6) is 5.88 Å². The standard InChI is InChI=1S/C8H7F3N2O2/c1-5(14)7-12-3-2-6(13-7)15-4-8(9,10)11/h2-3H,4H2,1H3. The van der Waals surface area contributed by atoms with E-state index < -0.39 is 18.6 Å². The fourth-order valence-corrected chi connectivity index (χ4v) is 0.748. The van der Waals surface area contributed by atoms with Gasteiger partial charge in [-0.3, -0.25) is 4.79 Å². The van der Waals surface area contributed by atoms with Gasteiger partial charge in [0.25, 0.3) is 0 Å². The summed E-state index contributed by atoms with van der Waals surface area (Å²) < 4.78 is 39.6. The lowest BCUT2D eigenvalue weighted by molar-refractivity contribution is -0.154. The number of hydrogen-bond donors (Lipinski definition) is 0. The summed E-state index contributed by atoms with van der Waals surface area (Å²) in [6.07, 6.45) is -3.27. The topological polar surface area (TPSA) is 52.1 Å². The van der Waals surface area contributed by atoms with E-state index in [1.54, 1.807) is 0 Å². The molecule has 1 aromatic rings. The van der Waals surface area contributed by atoms with Crippen LogP contribution in [0.1, 0.15) is 17.5 Å². The van der Waals surface area contributed by atoms with Gasteiger partial charge >= 0.3 is 6.18 Å². The van der Waals surface area contributed by atoms with Gasteiger partial charge in [-0.25, -0.2) is 4.98 Å². The van der Waals surface area contributed by atoms with Crippen LogP contribution >= 0.6 is 0 Å². The van der Waals surface area contributed by atoms with E-state index >= 15 is 0 Å². The number of ether oxygens (including phenoxy) is 1. The van der Waals surface area contributed by atoms with E-state index in [0.29, 0.717) is 0 Å². The van der Waals surface area contributed by atoms with Gasteiger partial charge in [0.1, 0.15) is 0 Å². The first-order valence-electron chi connectivity index (χ1n) is 3.92. The van der Waals surface area contributed by atoms with Gasteiger partial charge in [0, 0.05) is 19.2 Å². The molecule has 7 heteroatoms. The number of nitrogens with zero attached hydrogens (tertiary/aromatic N) is 2. The minimum Gasteiger partial charge on any atom is -0.468 e. The first kappa shape index (κ1) is 11.4. The van der Waals surface area contributed by atoms with Gasteiger partial charge in [-0.05, 0) is 0 Å². The summed E-state index contributed by atoms with van der Waals surface area (Å²) in [6, 6.07) is 1.15. The molecule has 0 N–H and O–H groups in total. The average Bonchev–Trinajstić information content (AvgIpc) is 2.14. The maximum atomic E-state index is 11.8. The van der Waals surface area contributed by atoms with Crippen molar-refractivity contribution >= 4 is 5.78 Å². The van der Waals surface area contributed by atoms with Crippen molar-refractivity contribution in [3.8, 4) is 5.88 Å². The van der Waals surface area contributed by atoms with E-state index in [2.05, 4.69) is 14.7 Å². The minimum absolute atomic E-state index is 0.172. The van der Waals surface area contributed by atoms with E-state index in [9.17, 15) is 18.0 Å². The van der Waals surface area contributed by atoms with Crippen LogP contribution in [0.15, 0.2) is 12.3 Å². The van der Waals surface area contributed by atoms with Gasteiger partial charge in [0.2, 0.25) is 5.88 Å². The molecule has 0 amide bonds. The molecule has 0 fully saturated rings. The van der Waals surface area contributed by atoms with E-state index in [1.807, 2.05) is 0 Å². The highest BCUT2D eigenvalue weighted by Crippen LogP contribution is 2.16. The molecule has 4 nitrogen and oxygen atoms in total. The molecule has 1 rings (SSSR count). The smallest absolute Gasteiger partial charge is 0.422 e. The van der Waals surface area contributed by atoms with Crippen molar-refractivity contribution in [2.24, 2.45) is 0 Å². The minimum atomic E-state index is -4.43. The Kier molecular flexibility index (Phi) is 3.23. The van der Waals surface area contributed by atoms with Crippen LogP contribution in [-0.2, 0) is 0 Å². The van der Waals surface area contributed by atoms with E-state index in [1.165, 1.54) is 6.92 Å². The van der Waals surface area contributed by atoms with Gasteiger partial charge in [-0.1, -0.05) is 0 Å². The Labute approximate surface area is 83.1 Å². The first-order valence-corrected chi connectivity index (χ1v) is 3.92. The summed E-state index contributed by atoms with van der Waals surface area (Å²) in [5, 5.41) is 0. The SMILES string of the molecule is CC(=O)c1nccc(OCC(F)(F)F)n1. The molecular formula is C8H7F3N2O2. The predicted octanol–water partition coefficient (Wildman–Crippen LogP) is 1.62. The molecule has 0 spiro atoms.